The molecule has 1 saturated carbocycles. The van der Waals surface area contributed by atoms with Crippen LogP contribution in [0.25, 0.3) is 0 Å². The largest absolute Gasteiger partial charge is 0.380 e. The molecule has 0 aromatic heterocycles. The molecule has 25 heavy (non-hydrogen) atoms. The molecule has 0 spiro atoms. The van der Waals surface area contributed by atoms with Gasteiger partial charge in [0.15, 0.2) is 0 Å². The lowest BCUT2D eigenvalue weighted by atomic mass is 9.79. The molecule has 0 amide bonds. The maximum Gasteiger partial charge on any atom is 0.118 e. The molecular formula is C22H26OS2. The van der Waals surface area contributed by atoms with E-state index in [9.17, 15) is 5.11 Å². The van der Waals surface area contributed by atoms with E-state index in [2.05, 4.69) is 61.6 Å². The van der Waals surface area contributed by atoms with Crippen LogP contribution >= 0.6 is 23.5 Å². The smallest absolute Gasteiger partial charge is 0.118 e. The molecule has 1 N–H and O–H groups in total. The second-order valence-electron chi connectivity index (χ2n) is 7.79. The SMILES string of the molecule is CC1(C)[C@@H](C2SCCCS2)[C@H]1C(O)(c1ccccc1)c1ccccc1. The van der Waals surface area contributed by atoms with Gasteiger partial charge in [0.05, 0.1) is 4.58 Å². The highest BCUT2D eigenvalue weighted by Crippen LogP contribution is 2.71. The van der Waals surface area contributed by atoms with E-state index in [0.717, 1.165) is 11.1 Å². The van der Waals surface area contributed by atoms with Gasteiger partial charge in [-0.05, 0) is 40.4 Å². The van der Waals surface area contributed by atoms with Crippen LogP contribution < -0.4 is 0 Å². The maximum absolute atomic E-state index is 12.1. The zero-order valence-electron chi connectivity index (χ0n) is 14.9. The van der Waals surface area contributed by atoms with E-state index in [-0.39, 0.29) is 11.3 Å². The number of thioether (sulfide) groups is 2. The molecule has 2 aromatic rings. The van der Waals surface area contributed by atoms with E-state index in [1.807, 2.05) is 36.4 Å². The van der Waals surface area contributed by atoms with Crippen LogP contribution in [0, 0.1) is 17.3 Å². The van der Waals surface area contributed by atoms with Crippen molar-refractivity contribution in [2.75, 3.05) is 11.5 Å². The third kappa shape index (κ3) is 2.94. The fourth-order valence-electron chi connectivity index (χ4n) is 4.61. The minimum absolute atomic E-state index is 0.141. The molecule has 1 nitrogen and oxygen atoms in total. The third-order valence-electron chi connectivity index (χ3n) is 5.93. The predicted octanol–water partition coefficient (Wildman–Crippen LogP) is 5.39. The van der Waals surface area contributed by atoms with Gasteiger partial charge in [0.25, 0.3) is 0 Å². The monoisotopic (exact) mass is 370 g/mol. The van der Waals surface area contributed by atoms with E-state index in [1.54, 1.807) is 0 Å². The van der Waals surface area contributed by atoms with Crippen LogP contribution in [0.4, 0.5) is 0 Å². The molecular weight excluding hydrogens is 344 g/mol. The van der Waals surface area contributed by atoms with Crippen molar-refractivity contribution in [3.63, 3.8) is 0 Å². The van der Waals surface area contributed by atoms with Crippen LogP contribution in [0.2, 0.25) is 0 Å². The summed E-state index contributed by atoms with van der Waals surface area (Å²) in [7, 11) is 0. The van der Waals surface area contributed by atoms with Crippen molar-refractivity contribution < 1.29 is 5.11 Å². The molecule has 0 unspecified atom stereocenters. The van der Waals surface area contributed by atoms with Gasteiger partial charge in [-0.2, -0.15) is 0 Å². The molecule has 2 aromatic carbocycles. The molecule has 4 rings (SSSR count). The fraction of sp³-hybridized carbons (Fsp3) is 0.455. The Morgan fingerprint density at radius 2 is 1.36 bits per heavy atom. The van der Waals surface area contributed by atoms with E-state index in [4.69, 9.17) is 0 Å². The molecule has 132 valence electrons. The first-order chi connectivity index (χ1) is 12.1. The number of aliphatic hydroxyl groups is 1. The molecule has 2 atom stereocenters. The summed E-state index contributed by atoms with van der Waals surface area (Å²) in [5, 5.41) is 12.1. The minimum atomic E-state index is -0.921. The van der Waals surface area contributed by atoms with Gasteiger partial charge in [0.1, 0.15) is 5.60 Å². The average Bonchev–Trinajstić information content (AvgIpc) is 3.26. The molecule has 1 saturated heterocycles. The first kappa shape index (κ1) is 17.5. The zero-order valence-corrected chi connectivity index (χ0v) is 16.5. The van der Waals surface area contributed by atoms with Crippen molar-refractivity contribution in [1.82, 2.24) is 0 Å². The van der Waals surface area contributed by atoms with Gasteiger partial charge in [-0.15, -0.1) is 23.5 Å². The Hall–Kier alpha value is -0.900. The highest BCUT2D eigenvalue weighted by atomic mass is 32.2. The minimum Gasteiger partial charge on any atom is -0.380 e. The number of benzene rings is 2. The van der Waals surface area contributed by atoms with Crippen molar-refractivity contribution in [2.45, 2.75) is 30.5 Å². The van der Waals surface area contributed by atoms with E-state index >= 15 is 0 Å². The van der Waals surface area contributed by atoms with Crippen LogP contribution in [0.1, 0.15) is 31.4 Å². The quantitative estimate of drug-likeness (QED) is 0.779. The van der Waals surface area contributed by atoms with Gasteiger partial charge >= 0.3 is 0 Å². The first-order valence-electron chi connectivity index (χ1n) is 9.13. The summed E-state index contributed by atoms with van der Waals surface area (Å²) in [6.07, 6.45) is 1.31. The predicted molar refractivity (Wildman–Crippen MR) is 110 cm³/mol. The molecule has 1 aliphatic carbocycles. The summed E-state index contributed by atoms with van der Waals surface area (Å²) in [6, 6.07) is 20.5. The normalized spacial score (nSPS) is 26.4. The Kier molecular flexibility index (Phi) is 4.68. The molecule has 1 aliphatic heterocycles. The Morgan fingerprint density at radius 3 is 1.84 bits per heavy atom. The van der Waals surface area contributed by atoms with Crippen LogP contribution in [0.3, 0.4) is 0 Å². The Bertz CT molecular complexity index is 668. The van der Waals surface area contributed by atoms with Gasteiger partial charge in [-0.3, -0.25) is 0 Å². The van der Waals surface area contributed by atoms with Crippen molar-refractivity contribution in [1.29, 1.82) is 0 Å². The van der Waals surface area contributed by atoms with Gasteiger partial charge in [-0.1, -0.05) is 74.5 Å². The molecule has 0 radical (unpaired) electrons. The van der Waals surface area contributed by atoms with Crippen LogP contribution in [0.5, 0.6) is 0 Å². The summed E-state index contributed by atoms with van der Waals surface area (Å²) >= 11 is 4.20. The molecule has 2 fully saturated rings. The average molecular weight is 371 g/mol. The van der Waals surface area contributed by atoms with Gasteiger partial charge in [0.2, 0.25) is 0 Å². The molecule has 1 heterocycles. The molecule has 3 heteroatoms. The highest BCUT2D eigenvalue weighted by Gasteiger charge is 2.69. The van der Waals surface area contributed by atoms with Crippen molar-refractivity contribution >= 4 is 23.5 Å². The summed E-state index contributed by atoms with van der Waals surface area (Å²) in [5.74, 6) is 3.29. The van der Waals surface area contributed by atoms with Gasteiger partial charge < -0.3 is 5.11 Å². The van der Waals surface area contributed by atoms with E-state index < -0.39 is 5.60 Å². The molecule has 0 bridgehead atoms. The van der Waals surface area contributed by atoms with E-state index in [1.165, 1.54) is 17.9 Å². The first-order valence-corrected chi connectivity index (χ1v) is 11.2. The number of hydrogen-bond acceptors (Lipinski definition) is 3. The topological polar surface area (TPSA) is 20.2 Å². The van der Waals surface area contributed by atoms with Crippen LogP contribution in [-0.2, 0) is 5.60 Å². The summed E-state index contributed by atoms with van der Waals surface area (Å²) < 4.78 is 0.604. The van der Waals surface area contributed by atoms with E-state index in [0.29, 0.717) is 10.5 Å². The summed E-state index contributed by atoms with van der Waals surface area (Å²) in [5.41, 5.74) is 1.26. The lowest BCUT2D eigenvalue weighted by Gasteiger charge is -2.32. The Labute approximate surface area is 159 Å². The lowest BCUT2D eigenvalue weighted by Crippen LogP contribution is -2.33. The summed E-state index contributed by atoms with van der Waals surface area (Å²) in [4.78, 5) is 0. The second-order valence-corrected chi connectivity index (χ2v) is 10.6. The number of hydrogen-bond donors (Lipinski definition) is 1. The van der Waals surface area contributed by atoms with Crippen molar-refractivity contribution in [2.24, 2.45) is 17.3 Å². The standard InChI is InChI=1S/C22H26OS2/c1-21(2)18(20-24-14-9-15-25-20)19(21)22(23,16-10-5-3-6-11-16)17-12-7-4-8-13-17/h3-8,10-13,18-20,23H,9,14-15H2,1-2H3/t18-,19-/m1/s1. The third-order valence-corrected chi connectivity index (χ3v) is 9.04. The summed E-state index contributed by atoms with van der Waals surface area (Å²) in [6.45, 7) is 4.68. The van der Waals surface area contributed by atoms with Gasteiger partial charge in [-0.25, -0.2) is 0 Å². The number of rotatable bonds is 4. The van der Waals surface area contributed by atoms with Crippen molar-refractivity contribution in [3.8, 4) is 0 Å². The van der Waals surface area contributed by atoms with Gasteiger partial charge in [0, 0.05) is 5.92 Å². The molecule has 2 aliphatic rings. The Balaban J connectivity index is 1.77. The highest BCUT2D eigenvalue weighted by molar-refractivity contribution is 8.17. The van der Waals surface area contributed by atoms with Crippen LogP contribution in [0.15, 0.2) is 60.7 Å². The zero-order chi connectivity index (χ0) is 17.5. The maximum atomic E-state index is 12.1. The lowest BCUT2D eigenvalue weighted by molar-refractivity contribution is 0.0408. The van der Waals surface area contributed by atoms with Crippen LogP contribution in [-0.4, -0.2) is 21.2 Å². The Morgan fingerprint density at radius 1 is 0.880 bits per heavy atom. The fourth-order valence-corrected chi connectivity index (χ4v) is 8.27. The second kappa shape index (κ2) is 6.68. The van der Waals surface area contributed by atoms with Crippen molar-refractivity contribution in [3.05, 3.63) is 71.8 Å².